The molecule has 4 heteroatoms. The molecule has 1 aliphatic carbocycles. The number of carboxylic acids is 1. The monoisotopic (exact) mass is 283 g/mol. The Morgan fingerprint density at radius 1 is 1.15 bits per heavy atom. The van der Waals surface area contributed by atoms with Crippen molar-refractivity contribution in [3.63, 3.8) is 0 Å². The van der Waals surface area contributed by atoms with Gasteiger partial charge in [0.2, 0.25) is 5.91 Å². The van der Waals surface area contributed by atoms with E-state index in [4.69, 9.17) is 0 Å². The maximum absolute atomic E-state index is 12.0. The quantitative estimate of drug-likeness (QED) is 0.805. The largest absolute Gasteiger partial charge is 0.479 e. The topological polar surface area (TPSA) is 57.6 Å². The summed E-state index contributed by atoms with van der Waals surface area (Å²) < 4.78 is 0. The smallest absolute Gasteiger partial charge is 0.329 e. The maximum atomic E-state index is 12.0. The molecule has 116 valence electrons. The zero-order chi connectivity index (χ0) is 15.5. The minimum atomic E-state index is -1.01. The third kappa shape index (κ3) is 3.33. The lowest BCUT2D eigenvalue weighted by atomic mass is 9.84. The second-order valence-electron chi connectivity index (χ2n) is 6.75. The summed E-state index contributed by atoms with van der Waals surface area (Å²) in [4.78, 5) is 25.5. The normalized spacial score (nSPS) is 27.4. The van der Waals surface area contributed by atoms with E-state index < -0.39 is 11.5 Å². The molecule has 4 nitrogen and oxygen atoms in total. The maximum Gasteiger partial charge on any atom is 0.329 e. The van der Waals surface area contributed by atoms with Crippen LogP contribution in [-0.2, 0) is 9.59 Å². The lowest BCUT2D eigenvalue weighted by molar-refractivity contribution is -0.162. The number of carbonyl (C=O) groups excluding carboxylic acids is 1. The highest BCUT2D eigenvalue weighted by Crippen LogP contribution is 2.38. The van der Waals surface area contributed by atoms with Crippen molar-refractivity contribution < 1.29 is 14.7 Å². The van der Waals surface area contributed by atoms with Gasteiger partial charge in [0, 0.05) is 13.0 Å². The van der Waals surface area contributed by atoms with E-state index in [9.17, 15) is 14.7 Å². The number of carbonyl (C=O) groups is 2. The number of hydrogen-bond acceptors (Lipinski definition) is 2. The number of hydrogen-bond donors (Lipinski definition) is 1. The highest BCUT2D eigenvalue weighted by atomic mass is 16.4. The Hall–Kier alpha value is -1.06. The Bertz CT molecular complexity index is 365. The van der Waals surface area contributed by atoms with E-state index >= 15 is 0 Å². The van der Waals surface area contributed by atoms with E-state index in [1.54, 1.807) is 4.90 Å². The van der Waals surface area contributed by atoms with Crippen molar-refractivity contribution in [1.29, 1.82) is 0 Å². The van der Waals surface area contributed by atoms with Crippen LogP contribution < -0.4 is 0 Å². The molecule has 0 heterocycles. The summed E-state index contributed by atoms with van der Waals surface area (Å²) in [7, 11) is 0. The Morgan fingerprint density at radius 2 is 1.75 bits per heavy atom. The van der Waals surface area contributed by atoms with Gasteiger partial charge in [-0.15, -0.1) is 0 Å². The molecular weight excluding hydrogens is 254 g/mol. The fraction of sp³-hybridized carbons (Fsp3) is 0.875. The average Bonchev–Trinajstić information content (AvgIpc) is 2.51. The molecule has 0 spiro atoms. The Morgan fingerprint density at radius 3 is 2.15 bits per heavy atom. The number of carboxylic acid groups (broad SMARTS) is 1. The van der Waals surface area contributed by atoms with Crippen LogP contribution in [0.3, 0.4) is 0 Å². The van der Waals surface area contributed by atoms with Crippen molar-refractivity contribution in [2.75, 3.05) is 0 Å². The molecule has 2 atom stereocenters. The van der Waals surface area contributed by atoms with E-state index in [1.165, 1.54) is 6.92 Å². The summed E-state index contributed by atoms with van der Waals surface area (Å²) in [5, 5.41) is 9.81. The fourth-order valence-corrected chi connectivity index (χ4v) is 3.73. The molecule has 0 bridgehead atoms. The van der Waals surface area contributed by atoms with Gasteiger partial charge in [-0.1, -0.05) is 26.7 Å². The van der Waals surface area contributed by atoms with Gasteiger partial charge in [0.1, 0.15) is 5.54 Å². The number of aliphatic carboxylic acids is 1. The van der Waals surface area contributed by atoms with Crippen LogP contribution in [0.5, 0.6) is 0 Å². The molecule has 1 amide bonds. The average molecular weight is 283 g/mol. The minimum absolute atomic E-state index is 0.0841. The Labute approximate surface area is 122 Å². The molecule has 1 saturated carbocycles. The van der Waals surface area contributed by atoms with Gasteiger partial charge in [0.15, 0.2) is 0 Å². The Balaban J connectivity index is 3.09. The first-order valence-electron chi connectivity index (χ1n) is 7.75. The molecule has 2 unspecified atom stereocenters. The Kier molecular flexibility index (Phi) is 5.60. The molecule has 0 aromatic rings. The first-order chi connectivity index (χ1) is 9.22. The summed E-state index contributed by atoms with van der Waals surface area (Å²) in [6, 6.07) is -0.0841. The summed E-state index contributed by atoms with van der Waals surface area (Å²) in [6.45, 7) is 9.68. The zero-order valence-electron chi connectivity index (χ0n) is 13.5. The van der Waals surface area contributed by atoms with Gasteiger partial charge in [-0.3, -0.25) is 4.79 Å². The molecule has 0 aliphatic heterocycles. The molecule has 0 saturated heterocycles. The lowest BCUT2D eigenvalue weighted by Crippen LogP contribution is -2.59. The van der Waals surface area contributed by atoms with Gasteiger partial charge in [-0.05, 0) is 44.9 Å². The zero-order valence-corrected chi connectivity index (χ0v) is 13.5. The van der Waals surface area contributed by atoms with E-state index in [2.05, 4.69) is 13.8 Å². The minimum Gasteiger partial charge on any atom is -0.479 e. The van der Waals surface area contributed by atoms with Crippen molar-refractivity contribution in [1.82, 2.24) is 4.90 Å². The van der Waals surface area contributed by atoms with Crippen LogP contribution in [-0.4, -0.2) is 33.5 Å². The molecule has 1 N–H and O–H groups in total. The van der Waals surface area contributed by atoms with Gasteiger partial charge in [0.25, 0.3) is 0 Å². The molecule has 1 rings (SSSR count). The molecule has 1 fully saturated rings. The molecular formula is C16H29NO3. The highest BCUT2D eigenvalue weighted by molar-refractivity contribution is 5.86. The van der Waals surface area contributed by atoms with Gasteiger partial charge < -0.3 is 10.0 Å². The number of amides is 1. The van der Waals surface area contributed by atoms with Crippen molar-refractivity contribution in [3.05, 3.63) is 0 Å². The van der Waals surface area contributed by atoms with Crippen molar-refractivity contribution >= 4 is 11.9 Å². The van der Waals surface area contributed by atoms with Gasteiger partial charge >= 0.3 is 5.97 Å². The van der Waals surface area contributed by atoms with Crippen LogP contribution in [0.4, 0.5) is 0 Å². The lowest BCUT2D eigenvalue weighted by Gasteiger charge is -2.42. The third-order valence-corrected chi connectivity index (χ3v) is 4.75. The van der Waals surface area contributed by atoms with E-state index in [0.717, 1.165) is 19.3 Å². The second-order valence-corrected chi connectivity index (χ2v) is 6.75. The van der Waals surface area contributed by atoms with E-state index in [-0.39, 0.29) is 11.9 Å². The highest BCUT2D eigenvalue weighted by Gasteiger charge is 2.47. The number of rotatable bonds is 4. The van der Waals surface area contributed by atoms with Crippen LogP contribution in [0.25, 0.3) is 0 Å². The summed E-state index contributed by atoms with van der Waals surface area (Å²) in [5.41, 5.74) is -1.01. The molecule has 20 heavy (non-hydrogen) atoms. The van der Waals surface area contributed by atoms with E-state index in [0.29, 0.717) is 24.7 Å². The van der Waals surface area contributed by atoms with Crippen LogP contribution >= 0.6 is 0 Å². The van der Waals surface area contributed by atoms with Gasteiger partial charge in [0.05, 0.1) is 0 Å². The summed E-state index contributed by atoms with van der Waals surface area (Å²) in [6.07, 6.45) is 3.98. The van der Waals surface area contributed by atoms with Crippen LogP contribution in [0.2, 0.25) is 0 Å². The van der Waals surface area contributed by atoms with E-state index in [1.807, 2.05) is 13.8 Å². The van der Waals surface area contributed by atoms with Crippen LogP contribution in [0, 0.1) is 11.8 Å². The predicted molar refractivity (Wildman–Crippen MR) is 79.4 cm³/mol. The van der Waals surface area contributed by atoms with Crippen LogP contribution in [0.15, 0.2) is 0 Å². The van der Waals surface area contributed by atoms with Gasteiger partial charge in [-0.25, -0.2) is 4.79 Å². The third-order valence-electron chi connectivity index (χ3n) is 4.75. The van der Waals surface area contributed by atoms with Crippen LogP contribution in [0.1, 0.15) is 66.7 Å². The first kappa shape index (κ1) is 17.0. The summed E-state index contributed by atoms with van der Waals surface area (Å²) in [5.74, 6) is 0.165. The predicted octanol–water partition coefficient (Wildman–Crippen LogP) is 3.30. The summed E-state index contributed by atoms with van der Waals surface area (Å²) >= 11 is 0. The first-order valence-corrected chi connectivity index (χ1v) is 7.75. The number of nitrogens with zero attached hydrogens (tertiary/aromatic N) is 1. The van der Waals surface area contributed by atoms with Gasteiger partial charge in [-0.2, -0.15) is 0 Å². The van der Waals surface area contributed by atoms with Crippen molar-refractivity contribution in [2.45, 2.75) is 78.3 Å². The molecule has 0 radical (unpaired) electrons. The standard InChI is InChI=1S/C16H29NO3/c1-11(2)14-7-6-9-16(10-8-14,15(19)20)17(12(3)4)13(5)18/h11-12,14H,6-10H2,1-5H3,(H,19,20). The van der Waals surface area contributed by atoms with Crippen molar-refractivity contribution in [3.8, 4) is 0 Å². The molecule has 0 aromatic heterocycles. The SMILES string of the molecule is CC(=O)N(C(C)C)C1(C(=O)O)CCCC(C(C)C)CC1. The fourth-order valence-electron chi connectivity index (χ4n) is 3.73. The molecule has 0 aromatic carbocycles. The molecule has 1 aliphatic rings. The second kappa shape index (κ2) is 6.59. The van der Waals surface area contributed by atoms with Crippen molar-refractivity contribution in [2.24, 2.45) is 11.8 Å².